The minimum absolute atomic E-state index is 0.0103. The molecule has 132 valence electrons. The van der Waals surface area contributed by atoms with Crippen molar-refractivity contribution in [2.75, 3.05) is 26.2 Å². The molecule has 1 fully saturated rings. The number of carbonyl (C=O) groups excluding carboxylic acids is 1. The van der Waals surface area contributed by atoms with Gasteiger partial charge in [-0.15, -0.1) is 0 Å². The number of nitrogens with zero attached hydrogens (tertiary/aromatic N) is 2. The first-order valence-corrected chi connectivity index (χ1v) is 8.08. The Balaban J connectivity index is 1.90. The second kappa shape index (κ2) is 8.19. The number of halogens is 2. The van der Waals surface area contributed by atoms with E-state index in [4.69, 9.17) is 5.11 Å². The molecule has 0 spiro atoms. The predicted molar refractivity (Wildman–Crippen MR) is 84.5 cm³/mol. The van der Waals surface area contributed by atoms with Gasteiger partial charge < -0.3 is 10.0 Å². The fourth-order valence-electron chi connectivity index (χ4n) is 3.11. The third-order valence-electron chi connectivity index (χ3n) is 4.43. The van der Waals surface area contributed by atoms with Crippen LogP contribution in [0.4, 0.5) is 8.78 Å². The standard InChI is InChI=1S/C17H22F2N2O3/c1-2-20(11-17(23)24)14-5-7-21(8-6-14)16(22)10-12-9-13(18)3-4-15(12)19/h3-4,9,14H,2,5-8,10-11H2,1H3,(H,23,24). The molecule has 1 heterocycles. The summed E-state index contributed by atoms with van der Waals surface area (Å²) in [6, 6.07) is 3.22. The second-order valence-electron chi connectivity index (χ2n) is 5.98. The number of hydrogen-bond acceptors (Lipinski definition) is 3. The van der Waals surface area contributed by atoms with Gasteiger partial charge in [0.05, 0.1) is 13.0 Å². The Kier molecular flexibility index (Phi) is 6.25. The highest BCUT2D eigenvalue weighted by molar-refractivity contribution is 5.79. The smallest absolute Gasteiger partial charge is 0.317 e. The molecule has 1 aromatic rings. The van der Waals surface area contributed by atoms with Crippen molar-refractivity contribution in [1.82, 2.24) is 9.80 Å². The van der Waals surface area contributed by atoms with E-state index in [1.54, 1.807) is 4.90 Å². The Morgan fingerprint density at radius 1 is 1.29 bits per heavy atom. The summed E-state index contributed by atoms with van der Waals surface area (Å²) in [5.41, 5.74) is 0.0585. The number of amides is 1. The van der Waals surface area contributed by atoms with Crippen molar-refractivity contribution in [1.29, 1.82) is 0 Å². The number of carboxylic acids is 1. The Labute approximate surface area is 139 Å². The number of rotatable bonds is 6. The highest BCUT2D eigenvalue weighted by Crippen LogP contribution is 2.18. The topological polar surface area (TPSA) is 60.9 Å². The lowest BCUT2D eigenvalue weighted by atomic mass is 10.0. The summed E-state index contributed by atoms with van der Waals surface area (Å²) in [5, 5.41) is 8.93. The molecular formula is C17H22F2N2O3. The molecule has 1 N–H and O–H groups in total. The molecule has 0 unspecified atom stereocenters. The van der Waals surface area contributed by atoms with Crippen molar-refractivity contribution >= 4 is 11.9 Å². The van der Waals surface area contributed by atoms with Gasteiger partial charge in [-0.1, -0.05) is 6.92 Å². The first kappa shape index (κ1) is 18.3. The van der Waals surface area contributed by atoms with E-state index in [-0.39, 0.29) is 30.5 Å². The van der Waals surface area contributed by atoms with E-state index in [0.717, 1.165) is 18.2 Å². The van der Waals surface area contributed by atoms with Crippen LogP contribution in [0.5, 0.6) is 0 Å². The van der Waals surface area contributed by atoms with Gasteiger partial charge >= 0.3 is 5.97 Å². The zero-order valence-electron chi connectivity index (χ0n) is 13.7. The van der Waals surface area contributed by atoms with E-state index in [1.165, 1.54) is 0 Å². The molecule has 0 aliphatic carbocycles. The lowest BCUT2D eigenvalue weighted by Gasteiger charge is -2.37. The molecule has 24 heavy (non-hydrogen) atoms. The van der Waals surface area contributed by atoms with Crippen LogP contribution in [0.25, 0.3) is 0 Å². The van der Waals surface area contributed by atoms with Crippen LogP contribution in [-0.2, 0) is 16.0 Å². The number of aliphatic carboxylic acids is 1. The van der Waals surface area contributed by atoms with Crippen molar-refractivity contribution in [3.63, 3.8) is 0 Å². The van der Waals surface area contributed by atoms with Gasteiger partial charge in [-0.3, -0.25) is 14.5 Å². The van der Waals surface area contributed by atoms with E-state index in [2.05, 4.69) is 0 Å². The summed E-state index contributed by atoms with van der Waals surface area (Å²) in [7, 11) is 0. The molecule has 2 rings (SSSR count). The quantitative estimate of drug-likeness (QED) is 0.859. The van der Waals surface area contributed by atoms with E-state index in [0.29, 0.717) is 32.5 Å². The molecule has 0 radical (unpaired) electrons. The number of hydrogen-bond donors (Lipinski definition) is 1. The van der Waals surface area contributed by atoms with Gasteiger partial charge in [0.15, 0.2) is 0 Å². The number of carboxylic acid groups (broad SMARTS) is 1. The van der Waals surface area contributed by atoms with E-state index in [9.17, 15) is 18.4 Å². The highest BCUT2D eigenvalue weighted by atomic mass is 19.1. The number of carbonyl (C=O) groups is 2. The van der Waals surface area contributed by atoms with Crippen molar-refractivity contribution in [2.24, 2.45) is 0 Å². The maximum Gasteiger partial charge on any atom is 0.317 e. The normalized spacial score (nSPS) is 15.8. The van der Waals surface area contributed by atoms with Gasteiger partial charge in [-0.2, -0.15) is 0 Å². The Bertz CT molecular complexity index is 601. The number of likely N-dealkylation sites (N-methyl/N-ethyl adjacent to an activating group) is 1. The molecule has 1 saturated heterocycles. The summed E-state index contributed by atoms with van der Waals surface area (Å²) >= 11 is 0. The SMILES string of the molecule is CCN(CC(=O)O)C1CCN(C(=O)Cc2cc(F)ccc2F)CC1. The van der Waals surface area contributed by atoms with E-state index >= 15 is 0 Å². The Hall–Kier alpha value is -2.02. The van der Waals surface area contributed by atoms with Crippen LogP contribution in [0.15, 0.2) is 18.2 Å². The third-order valence-corrected chi connectivity index (χ3v) is 4.43. The van der Waals surface area contributed by atoms with Gasteiger partial charge in [0.1, 0.15) is 11.6 Å². The molecule has 0 atom stereocenters. The van der Waals surface area contributed by atoms with Crippen molar-refractivity contribution < 1.29 is 23.5 Å². The van der Waals surface area contributed by atoms with Gasteiger partial charge in [0.2, 0.25) is 5.91 Å². The average molecular weight is 340 g/mol. The lowest BCUT2D eigenvalue weighted by molar-refractivity contribution is -0.140. The van der Waals surface area contributed by atoms with Crippen LogP contribution in [0, 0.1) is 11.6 Å². The van der Waals surface area contributed by atoms with Gasteiger partial charge in [0, 0.05) is 24.7 Å². The van der Waals surface area contributed by atoms with Crippen molar-refractivity contribution in [3.8, 4) is 0 Å². The summed E-state index contributed by atoms with van der Waals surface area (Å²) in [4.78, 5) is 26.7. The molecule has 5 nitrogen and oxygen atoms in total. The molecular weight excluding hydrogens is 318 g/mol. The zero-order valence-corrected chi connectivity index (χ0v) is 13.7. The van der Waals surface area contributed by atoms with Gasteiger partial charge in [-0.05, 0) is 37.6 Å². The summed E-state index contributed by atoms with van der Waals surface area (Å²) in [6.45, 7) is 3.53. The molecule has 0 bridgehead atoms. The average Bonchev–Trinajstić information content (AvgIpc) is 2.56. The van der Waals surface area contributed by atoms with Crippen molar-refractivity contribution in [3.05, 3.63) is 35.4 Å². The third kappa shape index (κ3) is 4.74. The number of piperidine rings is 1. The largest absolute Gasteiger partial charge is 0.480 e. The highest BCUT2D eigenvalue weighted by Gasteiger charge is 2.27. The zero-order chi connectivity index (χ0) is 17.7. The summed E-state index contributed by atoms with van der Waals surface area (Å²) < 4.78 is 26.8. The van der Waals surface area contributed by atoms with E-state index < -0.39 is 17.6 Å². The van der Waals surface area contributed by atoms with Crippen LogP contribution >= 0.6 is 0 Å². The number of likely N-dealkylation sites (tertiary alicyclic amines) is 1. The first-order chi connectivity index (χ1) is 11.4. The minimum atomic E-state index is -0.864. The lowest BCUT2D eigenvalue weighted by Crippen LogP contribution is -2.48. The monoisotopic (exact) mass is 340 g/mol. The van der Waals surface area contributed by atoms with Crippen LogP contribution in [-0.4, -0.2) is 59.0 Å². The molecule has 1 aromatic carbocycles. The molecule has 1 aliphatic heterocycles. The molecule has 0 aromatic heterocycles. The molecule has 7 heteroatoms. The molecule has 1 amide bonds. The fraction of sp³-hybridized carbons (Fsp3) is 0.529. The van der Waals surface area contributed by atoms with Crippen LogP contribution in [0.2, 0.25) is 0 Å². The summed E-state index contributed by atoms with van der Waals surface area (Å²) in [5.74, 6) is -2.25. The molecule has 1 aliphatic rings. The maximum atomic E-state index is 13.6. The van der Waals surface area contributed by atoms with Crippen LogP contribution in [0.3, 0.4) is 0 Å². The van der Waals surface area contributed by atoms with Gasteiger partial charge in [-0.25, -0.2) is 8.78 Å². The van der Waals surface area contributed by atoms with Crippen LogP contribution in [0.1, 0.15) is 25.3 Å². The Morgan fingerprint density at radius 3 is 2.54 bits per heavy atom. The minimum Gasteiger partial charge on any atom is -0.480 e. The first-order valence-electron chi connectivity index (χ1n) is 8.08. The van der Waals surface area contributed by atoms with Crippen molar-refractivity contribution in [2.45, 2.75) is 32.2 Å². The van der Waals surface area contributed by atoms with Crippen LogP contribution < -0.4 is 0 Å². The molecule has 0 saturated carbocycles. The van der Waals surface area contributed by atoms with E-state index in [1.807, 2.05) is 11.8 Å². The maximum absolute atomic E-state index is 13.6. The van der Waals surface area contributed by atoms with Gasteiger partial charge in [0.25, 0.3) is 0 Å². The summed E-state index contributed by atoms with van der Waals surface area (Å²) in [6.07, 6.45) is 1.19. The predicted octanol–water partition coefficient (Wildman–Crippen LogP) is 1.90. The number of benzene rings is 1. The fourth-order valence-corrected chi connectivity index (χ4v) is 3.11. The Morgan fingerprint density at radius 2 is 1.96 bits per heavy atom. The second-order valence-corrected chi connectivity index (χ2v) is 5.98.